The Morgan fingerprint density at radius 3 is 2.75 bits per heavy atom. The summed E-state index contributed by atoms with van der Waals surface area (Å²) in [5, 5.41) is 1.13. The minimum absolute atomic E-state index is 0.0472. The highest BCUT2D eigenvalue weighted by molar-refractivity contribution is 9.13. The van der Waals surface area contributed by atoms with Gasteiger partial charge in [0, 0.05) is 20.9 Å². The van der Waals surface area contributed by atoms with Crippen molar-refractivity contribution < 1.29 is 0 Å². The lowest BCUT2D eigenvalue weighted by Gasteiger charge is -2.15. The van der Waals surface area contributed by atoms with Gasteiger partial charge in [-0.1, -0.05) is 18.2 Å². The molecular formula is C14H11Br2N3S. The number of thiophene rings is 1. The van der Waals surface area contributed by atoms with Crippen LogP contribution in [-0.2, 0) is 0 Å². The Labute approximate surface area is 137 Å². The Morgan fingerprint density at radius 1 is 1.20 bits per heavy atom. The highest BCUT2D eigenvalue weighted by Crippen LogP contribution is 2.37. The van der Waals surface area contributed by atoms with Crippen molar-refractivity contribution in [1.29, 1.82) is 0 Å². The zero-order valence-corrected chi connectivity index (χ0v) is 14.3. The van der Waals surface area contributed by atoms with Gasteiger partial charge in [-0.3, -0.25) is 10.8 Å². The molecular weight excluding hydrogens is 402 g/mol. The van der Waals surface area contributed by atoms with Gasteiger partial charge < -0.3 is 0 Å². The van der Waals surface area contributed by atoms with Crippen molar-refractivity contribution in [3.63, 3.8) is 0 Å². The molecule has 0 bridgehead atoms. The minimum Gasteiger partial charge on any atom is -0.271 e. The summed E-state index contributed by atoms with van der Waals surface area (Å²) >= 11 is 8.68. The minimum atomic E-state index is -0.0472. The van der Waals surface area contributed by atoms with Crippen LogP contribution in [0.4, 0.5) is 0 Å². The highest BCUT2D eigenvalue weighted by Gasteiger charge is 2.17. The van der Waals surface area contributed by atoms with Gasteiger partial charge in [-0.15, -0.1) is 11.3 Å². The van der Waals surface area contributed by atoms with Crippen molar-refractivity contribution >= 4 is 54.1 Å². The SMILES string of the molecule is NNC(c1ccc2cccnc2c1)c1cc(Br)c(Br)s1. The molecule has 0 aliphatic heterocycles. The molecule has 1 atom stereocenters. The second-order valence-corrected chi connectivity index (χ2v) is 7.58. The number of aromatic nitrogens is 1. The molecule has 0 aliphatic carbocycles. The van der Waals surface area contributed by atoms with Crippen molar-refractivity contribution in [1.82, 2.24) is 10.4 Å². The van der Waals surface area contributed by atoms with E-state index >= 15 is 0 Å². The number of hydrogen-bond donors (Lipinski definition) is 2. The fourth-order valence-electron chi connectivity index (χ4n) is 2.11. The van der Waals surface area contributed by atoms with E-state index in [1.165, 1.54) is 0 Å². The lowest BCUT2D eigenvalue weighted by atomic mass is 10.0. The summed E-state index contributed by atoms with van der Waals surface area (Å²) in [6.07, 6.45) is 1.80. The largest absolute Gasteiger partial charge is 0.271 e. The quantitative estimate of drug-likeness (QED) is 0.495. The molecule has 3 rings (SSSR count). The van der Waals surface area contributed by atoms with Gasteiger partial charge in [0.05, 0.1) is 15.3 Å². The number of nitrogens with one attached hydrogen (secondary N) is 1. The molecule has 20 heavy (non-hydrogen) atoms. The molecule has 3 aromatic rings. The van der Waals surface area contributed by atoms with E-state index in [4.69, 9.17) is 5.84 Å². The number of benzene rings is 1. The molecule has 0 fully saturated rings. The number of nitrogens with two attached hydrogens (primary N) is 1. The van der Waals surface area contributed by atoms with E-state index in [9.17, 15) is 0 Å². The average molecular weight is 413 g/mol. The van der Waals surface area contributed by atoms with Crippen LogP contribution in [0.3, 0.4) is 0 Å². The predicted octanol–water partition coefficient (Wildman–Crippen LogP) is 4.37. The van der Waals surface area contributed by atoms with Gasteiger partial charge in [-0.2, -0.15) is 0 Å². The second-order valence-electron chi connectivity index (χ2n) is 4.33. The standard InChI is InChI=1S/C14H11Br2N3S/c15-10-7-12(20-14(10)16)13(19-17)9-4-3-8-2-1-5-18-11(8)6-9/h1-7,13,19H,17H2. The van der Waals surface area contributed by atoms with Crippen LogP contribution in [0.2, 0.25) is 0 Å². The van der Waals surface area contributed by atoms with Crippen molar-refractivity contribution in [2.45, 2.75) is 6.04 Å². The zero-order valence-electron chi connectivity index (χ0n) is 10.3. The first-order valence-corrected chi connectivity index (χ1v) is 8.35. The number of hydrazine groups is 1. The van der Waals surface area contributed by atoms with E-state index in [-0.39, 0.29) is 6.04 Å². The maximum atomic E-state index is 5.75. The molecule has 0 radical (unpaired) electrons. The number of nitrogens with zero attached hydrogens (tertiary/aromatic N) is 1. The number of fused-ring (bicyclic) bond motifs is 1. The average Bonchev–Trinajstić information content (AvgIpc) is 2.79. The predicted molar refractivity (Wildman–Crippen MR) is 90.6 cm³/mol. The molecule has 0 saturated heterocycles. The maximum Gasteiger partial charge on any atom is 0.0843 e. The first-order valence-electron chi connectivity index (χ1n) is 5.94. The van der Waals surface area contributed by atoms with Crippen LogP contribution in [0.15, 0.2) is 50.9 Å². The summed E-state index contributed by atoms with van der Waals surface area (Å²) < 4.78 is 2.10. The van der Waals surface area contributed by atoms with E-state index in [0.717, 1.165) is 29.6 Å². The molecule has 0 saturated carbocycles. The molecule has 0 amide bonds. The van der Waals surface area contributed by atoms with Crippen molar-refractivity contribution in [3.05, 3.63) is 61.3 Å². The molecule has 0 aliphatic rings. The van der Waals surface area contributed by atoms with Gasteiger partial charge in [0.1, 0.15) is 0 Å². The van der Waals surface area contributed by atoms with Gasteiger partial charge in [-0.25, -0.2) is 5.43 Å². The maximum absolute atomic E-state index is 5.75. The van der Waals surface area contributed by atoms with Crippen LogP contribution < -0.4 is 11.3 Å². The fourth-order valence-corrected chi connectivity index (χ4v) is 4.29. The molecule has 1 unspecified atom stereocenters. The Kier molecular flexibility index (Phi) is 4.18. The van der Waals surface area contributed by atoms with Crippen molar-refractivity contribution in [3.8, 4) is 0 Å². The number of pyridine rings is 1. The van der Waals surface area contributed by atoms with E-state index < -0.39 is 0 Å². The lowest BCUT2D eigenvalue weighted by Crippen LogP contribution is -2.28. The molecule has 102 valence electrons. The van der Waals surface area contributed by atoms with Crippen LogP contribution >= 0.6 is 43.2 Å². The topological polar surface area (TPSA) is 50.9 Å². The number of halogens is 2. The van der Waals surface area contributed by atoms with E-state index in [1.54, 1.807) is 17.5 Å². The highest BCUT2D eigenvalue weighted by atomic mass is 79.9. The summed E-state index contributed by atoms with van der Waals surface area (Å²) in [5.41, 5.74) is 4.95. The first kappa shape index (κ1) is 14.2. The summed E-state index contributed by atoms with van der Waals surface area (Å²) in [5.74, 6) is 5.75. The van der Waals surface area contributed by atoms with E-state index in [1.807, 2.05) is 6.07 Å². The zero-order chi connectivity index (χ0) is 14.1. The van der Waals surface area contributed by atoms with Crippen LogP contribution in [0, 0.1) is 0 Å². The van der Waals surface area contributed by atoms with Crippen LogP contribution in [-0.4, -0.2) is 4.98 Å². The van der Waals surface area contributed by atoms with Crippen LogP contribution in [0.25, 0.3) is 10.9 Å². The molecule has 2 heterocycles. The first-order chi connectivity index (χ1) is 9.69. The Morgan fingerprint density at radius 2 is 2.05 bits per heavy atom. The van der Waals surface area contributed by atoms with Crippen LogP contribution in [0.5, 0.6) is 0 Å². The third-order valence-electron chi connectivity index (χ3n) is 3.08. The van der Waals surface area contributed by atoms with Gasteiger partial charge >= 0.3 is 0 Å². The number of rotatable bonds is 3. The van der Waals surface area contributed by atoms with E-state index in [0.29, 0.717) is 0 Å². The van der Waals surface area contributed by atoms with Crippen molar-refractivity contribution in [2.24, 2.45) is 5.84 Å². The van der Waals surface area contributed by atoms with Gasteiger partial charge in [0.15, 0.2) is 0 Å². The third kappa shape index (κ3) is 2.66. The third-order valence-corrected chi connectivity index (χ3v) is 6.40. The van der Waals surface area contributed by atoms with Gasteiger partial charge in [-0.05, 0) is 55.6 Å². The fraction of sp³-hybridized carbons (Fsp3) is 0.0714. The summed E-state index contributed by atoms with van der Waals surface area (Å²) in [6, 6.07) is 12.2. The summed E-state index contributed by atoms with van der Waals surface area (Å²) in [6.45, 7) is 0. The number of hydrogen-bond acceptors (Lipinski definition) is 4. The molecule has 2 aromatic heterocycles. The smallest absolute Gasteiger partial charge is 0.0843 e. The summed E-state index contributed by atoms with van der Waals surface area (Å²) in [7, 11) is 0. The molecule has 1 aromatic carbocycles. The molecule has 6 heteroatoms. The van der Waals surface area contributed by atoms with Crippen molar-refractivity contribution in [2.75, 3.05) is 0 Å². The van der Waals surface area contributed by atoms with Gasteiger partial charge in [0.25, 0.3) is 0 Å². The summed E-state index contributed by atoms with van der Waals surface area (Å²) in [4.78, 5) is 5.53. The van der Waals surface area contributed by atoms with E-state index in [2.05, 4.69) is 72.6 Å². The Balaban J connectivity index is 2.06. The Bertz CT molecular complexity index is 738. The molecule has 3 N–H and O–H groups in total. The Hall–Kier alpha value is -0.790. The molecule has 3 nitrogen and oxygen atoms in total. The lowest BCUT2D eigenvalue weighted by molar-refractivity contribution is 0.647. The van der Waals surface area contributed by atoms with Crippen LogP contribution in [0.1, 0.15) is 16.5 Å². The monoisotopic (exact) mass is 411 g/mol. The second kappa shape index (κ2) is 5.91. The molecule has 0 spiro atoms. The normalized spacial score (nSPS) is 12.8. The van der Waals surface area contributed by atoms with Gasteiger partial charge in [0.2, 0.25) is 0 Å².